The third kappa shape index (κ3) is 8.29. The van der Waals surface area contributed by atoms with E-state index in [0.717, 1.165) is 62.0 Å². The molecule has 7 aromatic rings. The van der Waals surface area contributed by atoms with E-state index in [1.54, 1.807) is 0 Å². The van der Waals surface area contributed by atoms with Gasteiger partial charge in [0.25, 0.3) is 0 Å². The molecule has 2 aliphatic carbocycles. The van der Waals surface area contributed by atoms with Crippen molar-refractivity contribution in [1.82, 2.24) is 19.5 Å². The van der Waals surface area contributed by atoms with Crippen LogP contribution < -0.4 is 4.40 Å². The van der Waals surface area contributed by atoms with Crippen molar-refractivity contribution < 1.29 is 24.5 Å². The maximum absolute atomic E-state index is 6.15. The molecule has 1 radical (unpaired) electrons. The second kappa shape index (κ2) is 16.9. The normalized spacial score (nSPS) is 18.0. The van der Waals surface area contributed by atoms with E-state index in [1.165, 1.54) is 73.3 Å². The summed E-state index contributed by atoms with van der Waals surface area (Å²) in [4.78, 5) is 14.4. The first-order valence-electron chi connectivity index (χ1n) is 20.3. The molecule has 0 bridgehead atoms. The van der Waals surface area contributed by atoms with Crippen molar-refractivity contribution in [3.63, 3.8) is 0 Å². The van der Waals surface area contributed by atoms with Crippen LogP contribution in [0.15, 0.2) is 89.5 Å². The van der Waals surface area contributed by atoms with Crippen LogP contribution >= 0.6 is 0 Å². The third-order valence-electron chi connectivity index (χ3n) is 12.0. The summed E-state index contributed by atoms with van der Waals surface area (Å²) in [6.45, 7) is 6.50. The number of nitrogens with zero attached hydrogens (tertiary/aromatic N) is 4. The van der Waals surface area contributed by atoms with E-state index < -0.39 is 13.3 Å². The second-order valence-electron chi connectivity index (χ2n) is 17.1. The average molecular weight is 968 g/mol. The molecule has 0 saturated heterocycles. The van der Waals surface area contributed by atoms with Crippen LogP contribution in [0.25, 0.3) is 55.7 Å². The minimum atomic E-state index is -1.99. The van der Waals surface area contributed by atoms with Gasteiger partial charge in [0.1, 0.15) is 0 Å². The number of para-hydroxylation sites is 2. The number of furan rings is 1. The number of hydrogen-bond donors (Lipinski definition) is 0. The van der Waals surface area contributed by atoms with Gasteiger partial charge in [-0.15, -0.1) is 35.9 Å². The molecular weight excluding hydrogens is 913 g/mol. The zero-order chi connectivity index (χ0) is 37.4. The van der Waals surface area contributed by atoms with Crippen LogP contribution in [-0.4, -0.2) is 32.8 Å². The molecule has 0 atom stereocenters. The Morgan fingerprint density at radius 2 is 1.53 bits per heavy atom. The molecule has 0 aliphatic heterocycles. The van der Waals surface area contributed by atoms with E-state index in [9.17, 15) is 0 Å². The molecule has 3 aromatic carbocycles. The van der Waals surface area contributed by atoms with E-state index >= 15 is 0 Å². The number of benzene rings is 3. The van der Waals surface area contributed by atoms with Gasteiger partial charge in [-0.05, 0) is 49.7 Å². The second-order valence-corrected chi connectivity index (χ2v) is 27.7. The van der Waals surface area contributed by atoms with E-state index in [-0.39, 0.29) is 20.1 Å². The van der Waals surface area contributed by atoms with Gasteiger partial charge in [0.2, 0.25) is 0 Å². The van der Waals surface area contributed by atoms with Crippen LogP contribution in [0.1, 0.15) is 94.9 Å². The Bertz CT molecular complexity index is 2380. The summed E-state index contributed by atoms with van der Waals surface area (Å²) in [5.74, 6) is 10.8. The maximum Gasteiger partial charge on any atom is 0.0770 e. The molecule has 0 unspecified atom stereocenters. The fourth-order valence-corrected chi connectivity index (χ4v) is 12.7. The van der Waals surface area contributed by atoms with Gasteiger partial charge >= 0.3 is 163 Å². The topological polar surface area (TPSA) is 56.7 Å². The van der Waals surface area contributed by atoms with E-state index in [0.29, 0.717) is 17.7 Å². The Hall–Kier alpha value is -3.58. The number of imidazole rings is 1. The average Bonchev–Trinajstić information content (AvgIpc) is 3.77. The summed E-state index contributed by atoms with van der Waals surface area (Å²) < 4.78 is 10.1. The summed E-state index contributed by atoms with van der Waals surface area (Å²) in [5.41, 5.74) is 9.20. The predicted octanol–water partition coefficient (Wildman–Crippen LogP) is 12.6. The van der Waals surface area contributed by atoms with Gasteiger partial charge in [-0.1, -0.05) is 44.2 Å². The van der Waals surface area contributed by atoms with E-state index in [4.69, 9.17) is 14.4 Å². The SMILES string of the molecule is Cc1ccc2c(n1)oc1c(-c3cc(C(C)C)[c]([Ge]([CH3])([CH3])[CH3])cn3)[c-]ccc12.[Ir].[c-]1ccccc1-c1nc2ccccc2n1C1CCC(C2CCCCC2)CC1. The predicted molar refractivity (Wildman–Crippen MR) is 227 cm³/mol. The van der Waals surface area contributed by atoms with Crippen LogP contribution in [-0.2, 0) is 20.1 Å². The summed E-state index contributed by atoms with van der Waals surface area (Å²) >= 11 is -1.99. The Balaban J connectivity index is 0.000000166. The molecule has 4 heterocycles. The van der Waals surface area contributed by atoms with Crippen LogP contribution in [0.4, 0.5) is 0 Å². The summed E-state index contributed by atoms with van der Waals surface area (Å²) in [6, 6.07) is 34.6. The van der Waals surface area contributed by atoms with Crippen molar-refractivity contribution >= 4 is 50.8 Å². The Kier molecular flexibility index (Phi) is 12.2. The molecule has 7 heteroatoms. The third-order valence-corrected chi connectivity index (χ3v) is 16.3. The number of fused-ring (bicyclic) bond motifs is 4. The van der Waals surface area contributed by atoms with Gasteiger partial charge in [0, 0.05) is 26.1 Å². The number of hydrogen-bond acceptors (Lipinski definition) is 4. The number of aryl methyl sites for hydroxylation is 1. The number of pyridine rings is 2. The van der Waals surface area contributed by atoms with Gasteiger partial charge < -0.3 is 4.57 Å². The van der Waals surface area contributed by atoms with Crippen LogP contribution in [0.2, 0.25) is 17.3 Å². The van der Waals surface area contributed by atoms with Gasteiger partial charge in [-0.3, -0.25) is 4.98 Å². The van der Waals surface area contributed by atoms with Crippen molar-refractivity contribution in [1.29, 1.82) is 0 Å². The van der Waals surface area contributed by atoms with Crippen molar-refractivity contribution in [2.24, 2.45) is 11.8 Å². The van der Waals surface area contributed by atoms with Gasteiger partial charge in [-0.25, -0.2) is 0 Å². The number of aromatic nitrogens is 4. The largest absolute Gasteiger partial charge is 0.361 e. The van der Waals surface area contributed by atoms with Crippen molar-refractivity contribution in [2.75, 3.05) is 0 Å². The molecular formula is C48H54GeIrN4O-2. The van der Waals surface area contributed by atoms with Gasteiger partial charge in [0.05, 0.1) is 16.9 Å². The standard InChI is InChI=1S/C25H29N2.C23H25GeN2O.Ir/c1-3-9-19(10-4-1)20-15-17-22(18-16-20)27-24-14-8-7-13-23(24)26-25(27)21-11-5-2-6-12-21;1-14(2)19-12-21(25-13-20(19)24(4,5)6)18-9-7-8-16-17-11-10-15(3)26-23(17)27-22(16)18;/h2,5-8,11,13-14,19-20,22H,1,3-4,9-10,15-18H2;7-8,10-14H,1-6H3;/q2*-1;. The Labute approximate surface area is 343 Å². The molecule has 4 aromatic heterocycles. The first-order chi connectivity index (χ1) is 26.2. The molecule has 0 amide bonds. The number of rotatable bonds is 6. The van der Waals surface area contributed by atoms with Crippen LogP contribution in [0.5, 0.6) is 0 Å². The molecule has 9 rings (SSSR count). The molecule has 5 nitrogen and oxygen atoms in total. The molecule has 0 spiro atoms. The van der Waals surface area contributed by atoms with Crippen LogP contribution in [0.3, 0.4) is 0 Å². The smallest absolute Gasteiger partial charge is 0.0770 e. The maximum atomic E-state index is 6.15. The summed E-state index contributed by atoms with van der Waals surface area (Å²) in [5, 5.41) is 2.10. The molecule has 2 fully saturated rings. The zero-order valence-electron chi connectivity index (χ0n) is 33.3. The fraction of sp³-hybridized carbons (Fsp3) is 0.396. The Morgan fingerprint density at radius 1 is 0.782 bits per heavy atom. The first-order valence-corrected chi connectivity index (χ1v) is 27.7. The van der Waals surface area contributed by atoms with Gasteiger partial charge in [-0.2, -0.15) is 0 Å². The zero-order valence-corrected chi connectivity index (χ0v) is 37.8. The minimum absolute atomic E-state index is 0. The van der Waals surface area contributed by atoms with Crippen molar-refractivity contribution in [2.45, 2.75) is 108 Å². The quantitative estimate of drug-likeness (QED) is 0.123. The van der Waals surface area contributed by atoms with Gasteiger partial charge in [0.15, 0.2) is 0 Å². The van der Waals surface area contributed by atoms with Crippen molar-refractivity contribution in [3.05, 3.63) is 108 Å². The molecule has 2 saturated carbocycles. The molecule has 0 N–H and O–H groups in total. The Morgan fingerprint density at radius 3 is 2.25 bits per heavy atom. The van der Waals surface area contributed by atoms with Crippen molar-refractivity contribution in [3.8, 4) is 22.6 Å². The molecule has 287 valence electrons. The van der Waals surface area contributed by atoms with E-state index in [2.05, 4.69) is 108 Å². The first kappa shape index (κ1) is 39.6. The minimum Gasteiger partial charge on any atom is -0.361 e. The van der Waals surface area contributed by atoms with E-state index in [1.807, 2.05) is 37.3 Å². The fourth-order valence-electron chi connectivity index (χ4n) is 9.19. The summed E-state index contributed by atoms with van der Waals surface area (Å²) in [6.07, 6.45) is 14.8. The molecule has 55 heavy (non-hydrogen) atoms. The van der Waals surface area contributed by atoms with Crippen LogP contribution in [0, 0.1) is 30.9 Å². The molecule has 2 aliphatic rings. The summed E-state index contributed by atoms with van der Waals surface area (Å²) in [7, 11) is 0. The monoisotopic (exact) mass is 969 g/mol.